The van der Waals surface area contributed by atoms with Crippen molar-refractivity contribution in [2.45, 2.75) is 25.3 Å². The van der Waals surface area contributed by atoms with Gasteiger partial charge in [0.05, 0.1) is 21.8 Å². The summed E-state index contributed by atoms with van der Waals surface area (Å²) in [4.78, 5) is 12.4. The van der Waals surface area contributed by atoms with Crippen molar-refractivity contribution >= 4 is 50.7 Å². The Morgan fingerprint density at radius 1 is 1.30 bits per heavy atom. The quantitative estimate of drug-likeness (QED) is 0.762. The molecule has 3 rings (SSSR count). The van der Waals surface area contributed by atoms with Crippen molar-refractivity contribution in [1.82, 2.24) is 5.32 Å². The molecule has 108 valence electrons. The van der Waals surface area contributed by atoms with Crippen LogP contribution in [0.25, 0.3) is 0 Å². The Labute approximate surface area is 136 Å². The Morgan fingerprint density at radius 2 is 2.10 bits per heavy atom. The van der Waals surface area contributed by atoms with E-state index in [9.17, 15) is 4.79 Å². The fourth-order valence-electron chi connectivity index (χ4n) is 3.31. The number of carbonyl (C=O) groups excluding carboxylic acids is 1. The van der Waals surface area contributed by atoms with Crippen molar-refractivity contribution in [3.63, 3.8) is 0 Å². The number of benzene rings is 1. The lowest BCUT2D eigenvalue weighted by atomic mass is 9.93. The molecule has 1 saturated heterocycles. The summed E-state index contributed by atoms with van der Waals surface area (Å²) in [6.45, 7) is 0.942. The van der Waals surface area contributed by atoms with Gasteiger partial charge >= 0.3 is 0 Å². The summed E-state index contributed by atoms with van der Waals surface area (Å²) in [6, 6.07) is 3.43. The van der Waals surface area contributed by atoms with E-state index in [1.165, 1.54) is 12.8 Å². The molecule has 3 atom stereocenters. The third-order valence-electron chi connectivity index (χ3n) is 4.32. The molecule has 2 aliphatic rings. The van der Waals surface area contributed by atoms with Crippen LogP contribution in [-0.2, 0) is 4.79 Å². The van der Waals surface area contributed by atoms with E-state index in [0.717, 1.165) is 17.4 Å². The maximum Gasteiger partial charge on any atom is 0.241 e. The highest BCUT2D eigenvalue weighted by atomic mass is 79.9. The van der Waals surface area contributed by atoms with Gasteiger partial charge in [-0.2, -0.15) is 0 Å². The highest BCUT2D eigenvalue weighted by molar-refractivity contribution is 9.10. The van der Waals surface area contributed by atoms with E-state index in [1.54, 1.807) is 12.1 Å². The van der Waals surface area contributed by atoms with Crippen molar-refractivity contribution in [2.24, 2.45) is 11.8 Å². The highest BCUT2D eigenvalue weighted by Gasteiger charge is 2.42. The standard InChI is InChI=1S/C14H15BrCl2N2O/c15-9-4-5-10(12(17)11(9)16)19-14(20)13-8-3-1-2-7(8)6-18-13/h4-5,7-8,13,18H,1-3,6H2,(H,19,20). The first-order chi connectivity index (χ1) is 9.58. The number of amides is 1. The summed E-state index contributed by atoms with van der Waals surface area (Å²) in [5.41, 5.74) is 0.563. The van der Waals surface area contributed by atoms with Gasteiger partial charge in [-0.1, -0.05) is 29.6 Å². The van der Waals surface area contributed by atoms with E-state index in [2.05, 4.69) is 26.6 Å². The number of nitrogens with one attached hydrogen (secondary N) is 2. The predicted molar refractivity (Wildman–Crippen MR) is 85.4 cm³/mol. The zero-order valence-electron chi connectivity index (χ0n) is 10.8. The first-order valence-electron chi connectivity index (χ1n) is 6.75. The molecule has 0 radical (unpaired) electrons. The van der Waals surface area contributed by atoms with E-state index < -0.39 is 0 Å². The van der Waals surface area contributed by atoms with Crippen LogP contribution < -0.4 is 10.6 Å². The lowest BCUT2D eigenvalue weighted by molar-refractivity contribution is -0.118. The van der Waals surface area contributed by atoms with Gasteiger partial charge in [0.25, 0.3) is 0 Å². The summed E-state index contributed by atoms with van der Waals surface area (Å²) < 4.78 is 0.719. The molecular formula is C14H15BrCl2N2O. The number of hydrogen-bond donors (Lipinski definition) is 2. The molecule has 0 bridgehead atoms. The topological polar surface area (TPSA) is 41.1 Å². The largest absolute Gasteiger partial charge is 0.323 e. The molecular weight excluding hydrogens is 363 g/mol. The minimum atomic E-state index is -0.110. The molecule has 1 saturated carbocycles. The van der Waals surface area contributed by atoms with Gasteiger partial charge in [0.15, 0.2) is 0 Å². The molecule has 0 aromatic heterocycles. The molecule has 20 heavy (non-hydrogen) atoms. The lowest BCUT2D eigenvalue weighted by Crippen LogP contribution is -2.39. The average Bonchev–Trinajstić information content (AvgIpc) is 3.01. The van der Waals surface area contributed by atoms with Crippen molar-refractivity contribution < 1.29 is 4.79 Å². The van der Waals surface area contributed by atoms with Crippen molar-refractivity contribution in [3.8, 4) is 0 Å². The van der Waals surface area contributed by atoms with Crippen LogP contribution in [0, 0.1) is 11.8 Å². The van der Waals surface area contributed by atoms with Gasteiger partial charge in [-0.15, -0.1) is 0 Å². The van der Waals surface area contributed by atoms with Gasteiger partial charge in [0.2, 0.25) is 5.91 Å². The summed E-state index contributed by atoms with van der Waals surface area (Å²) in [5.74, 6) is 1.09. The minimum absolute atomic E-state index is 0.0142. The number of hydrogen-bond acceptors (Lipinski definition) is 2. The van der Waals surface area contributed by atoms with Crippen LogP contribution >= 0.6 is 39.1 Å². The molecule has 0 spiro atoms. The fraction of sp³-hybridized carbons (Fsp3) is 0.500. The molecule has 2 N–H and O–H groups in total. The second-order valence-corrected chi connectivity index (χ2v) is 7.06. The summed E-state index contributed by atoms with van der Waals surface area (Å²) >= 11 is 15.5. The van der Waals surface area contributed by atoms with E-state index in [1.807, 2.05) is 0 Å². The molecule has 1 heterocycles. The highest BCUT2D eigenvalue weighted by Crippen LogP contribution is 2.39. The maximum absolute atomic E-state index is 12.4. The van der Waals surface area contributed by atoms with Crippen LogP contribution in [0.1, 0.15) is 19.3 Å². The van der Waals surface area contributed by atoms with Gasteiger partial charge in [0.1, 0.15) is 0 Å². The molecule has 1 aromatic rings. The number of fused-ring (bicyclic) bond motifs is 1. The molecule has 1 amide bonds. The maximum atomic E-state index is 12.4. The molecule has 6 heteroatoms. The molecule has 3 nitrogen and oxygen atoms in total. The van der Waals surface area contributed by atoms with Gasteiger partial charge in [0, 0.05) is 4.47 Å². The molecule has 1 aliphatic carbocycles. The normalized spacial score (nSPS) is 28.4. The zero-order chi connectivity index (χ0) is 14.3. The Bertz CT molecular complexity index is 552. The number of halogens is 3. The number of rotatable bonds is 2. The second kappa shape index (κ2) is 5.84. The Kier molecular flexibility index (Phi) is 4.27. The SMILES string of the molecule is O=C(Nc1ccc(Br)c(Cl)c1Cl)C1NCC2CCCC21. The van der Waals surface area contributed by atoms with Crippen LogP contribution in [0.4, 0.5) is 5.69 Å². The van der Waals surface area contributed by atoms with E-state index in [-0.39, 0.29) is 11.9 Å². The average molecular weight is 378 g/mol. The first-order valence-corrected chi connectivity index (χ1v) is 8.30. The van der Waals surface area contributed by atoms with E-state index in [0.29, 0.717) is 27.6 Å². The van der Waals surface area contributed by atoms with Gasteiger partial charge < -0.3 is 10.6 Å². The Hall–Kier alpha value is -0.290. The van der Waals surface area contributed by atoms with Crippen LogP contribution in [0.2, 0.25) is 10.0 Å². The Morgan fingerprint density at radius 3 is 2.90 bits per heavy atom. The van der Waals surface area contributed by atoms with Gasteiger partial charge in [-0.25, -0.2) is 0 Å². The van der Waals surface area contributed by atoms with Crippen molar-refractivity contribution in [3.05, 3.63) is 26.7 Å². The number of anilines is 1. The van der Waals surface area contributed by atoms with Gasteiger partial charge in [-0.05, 0) is 59.3 Å². The monoisotopic (exact) mass is 376 g/mol. The Balaban J connectivity index is 1.75. The van der Waals surface area contributed by atoms with Crippen LogP contribution in [-0.4, -0.2) is 18.5 Å². The van der Waals surface area contributed by atoms with E-state index >= 15 is 0 Å². The number of carbonyl (C=O) groups is 1. The minimum Gasteiger partial charge on any atom is -0.323 e. The third kappa shape index (κ3) is 2.59. The van der Waals surface area contributed by atoms with Crippen molar-refractivity contribution in [2.75, 3.05) is 11.9 Å². The van der Waals surface area contributed by atoms with Crippen LogP contribution in [0.15, 0.2) is 16.6 Å². The van der Waals surface area contributed by atoms with Crippen LogP contribution in [0.5, 0.6) is 0 Å². The third-order valence-corrected chi connectivity index (χ3v) is 6.09. The van der Waals surface area contributed by atoms with Crippen molar-refractivity contribution in [1.29, 1.82) is 0 Å². The second-order valence-electron chi connectivity index (χ2n) is 5.45. The zero-order valence-corrected chi connectivity index (χ0v) is 13.9. The fourth-order valence-corrected chi connectivity index (χ4v) is 4.13. The lowest BCUT2D eigenvalue weighted by Gasteiger charge is -2.18. The smallest absolute Gasteiger partial charge is 0.241 e. The molecule has 1 aliphatic heterocycles. The predicted octanol–water partition coefficient (Wildman–Crippen LogP) is 4.08. The van der Waals surface area contributed by atoms with Crippen LogP contribution in [0.3, 0.4) is 0 Å². The summed E-state index contributed by atoms with van der Waals surface area (Å²) in [6.07, 6.45) is 3.59. The summed E-state index contributed by atoms with van der Waals surface area (Å²) in [7, 11) is 0. The first kappa shape index (κ1) is 14.6. The summed E-state index contributed by atoms with van der Waals surface area (Å²) in [5, 5.41) is 7.01. The van der Waals surface area contributed by atoms with E-state index in [4.69, 9.17) is 23.2 Å². The van der Waals surface area contributed by atoms with Gasteiger partial charge in [-0.3, -0.25) is 4.79 Å². The molecule has 1 aromatic carbocycles. The molecule has 3 unspecified atom stereocenters. The molecule has 2 fully saturated rings.